The van der Waals surface area contributed by atoms with Crippen LogP contribution in [0.1, 0.15) is 12.6 Å². The maximum Gasteiger partial charge on any atom is 0.202 e. The fourth-order valence-electron chi connectivity index (χ4n) is 2.05. The van der Waals surface area contributed by atoms with Crippen molar-refractivity contribution < 1.29 is 0 Å². The summed E-state index contributed by atoms with van der Waals surface area (Å²) in [4.78, 5) is 12.4. The Labute approximate surface area is 103 Å². The molecule has 1 aromatic rings. The van der Waals surface area contributed by atoms with E-state index in [0.717, 1.165) is 51.6 Å². The van der Waals surface area contributed by atoms with Gasteiger partial charge in [-0.2, -0.15) is 0 Å². The van der Waals surface area contributed by atoms with Crippen molar-refractivity contribution >= 4 is 5.95 Å². The van der Waals surface area contributed by atoms with Crippen LogP contribution in [0.5, 0.6) is 0 Å². The van der Waals surface area contributed by atoms with E-state index in [0.29, 0.717) is 0 Å². The van der Waals surface area contributed by atoms with Crippen LogP contribution in [0, 0.1) is 0 Å². The Hall–Kier alpha value is -1.07. The minimum absolute atomic E-state index is 0.983. The first-order chi connectivity index (χ1) is 8.29. The van der Waals surface area contributed by atoms with Crippen LogP contribution in [0.25, 0.3) is 0 Å². The molecule has 96 valence electrons. The van der Waals surface area contributed by atoms with Gasteiger partial charge in [0.2, 0.25) is 5.95 Å². The molecule has 0 unspecified atom stereocenters. The summed E-state index contributed by atoms with van der Waals surface area (Å²) in [5, 5.41) is 3.37. The second-order valence-electron chi connectivity index (χ2n) is 4.60. The zero-order valence-electron chi connectivity index (χ0n) is 10.9. The number of aryl methyl sites for hydroxylation is 1. The number of nitrogens with zero attached hydrogens (tertiary/aromatic N) is 3. The quantitative estimate of drug-likeness (QED) is 0.774. The molecule has 1 aliphatic heterocycles. The zero-order valence-corrected chi connectivity index (χ0v) is 10.9. The van der Waals surface area contributed by atoms with E-state index in [1.807, 2.05) is 6.20 Å². The van der Waals surface area contributed by atoms with Crippen molar-refractivity contribution in [2.75, 3.05) is 51.2 Å². The van der Waals surface area contributed by atoms with E-state index >= 15 is 0 Å². The summed E-state index contributed by atoms with van der Waals surface area (Å²) in [5.74, 6) is 0.983. The topological polar surface area (TPSA) is 47.2 Å². The van der Waals surface area contributed by atoms with Gasteiger partial charge in [0.15, 0.2) is 0 Å². The minimum Gasteiger partial charge on any atom is -0.344 e. The van der Waals surface area contributed by atoms with Gasteiger partial charge in [0.25, 0.3) is 0 Å². The Morgan fingerprint density at radius 3 is 2.82 bits per heavy atom. The third-order valence-corrected chi connectivity index (χ3v) is 3.32. The number of anilines is 1. The number of rotatable bonds is 5. The molecule has 0 spiro atoms. The predicted octanol–water partition coefficient (Wildman–Crippen LogP) is 0.314. The van der Waals surface area contributed by atoms with Crippen molar-refractivity contribution in [3.05, 3.63) is 11.9 Å². The Morgan fingerprint density at radius 1 is 1.41 bits per heavy atom. The van der Waals surface area contributed by atoms with Gasteiger partial charge in [-0.1, -0.05) is 6.92 Å². The molecule has 2 N–H and O–H groups in total. The molecule has 5 heteroatoms. The number of likely N-dealkylation sites (N-methyl/N-ethyl adjacent to an activating group) is 1. The molecule has 5 nitrogen and oxygen atoms in total. The first-order valence-electron chi connectivity index (χ1n) is 6.47. The molecule has 0 bridgehead atoms. The monoisotopic (exact) mass is 237 g/mol. The fraction of sp³-hybridized carbons (Fsp3) is 0.750. The summed E-state index contributed by atoms with van der Waals surface area (Å²) in [5.41, 5.74) is 1.20. The Balaban J connectivity index is 1.77. The van der Waals surface area contributed by atoms with Crippen LogP contribution in [-0.4, -0.2) is 61.2 Å². The SMILES string of the molecule is CCc1cnc(N(C)CCN2CCNCC2)[nH]1. The molecule has 0 aliphatic carbocycles. The number of piperazine rings is 1. The average molecular weight is 237 g/mol. The number of imidazole rings is 1. The van der Waals surface area contributed by atoms with E-state index < -0.39 is 0 Å². The highest BCUT2D eigenvalue weighted by Gasteiger charge is 2.11. The van der Waals surface area contributed by atoms with Gasteiger partial charge in [0, 0.05) is 52.0 Å². The van der Waals surface area contributed by atoms with Crippen LogP contribution in [-0.2, 0) is 6.42 Å². The fourth-order valence-corrected chi connectivity index (χ4v) is 2.05. The molecule has 0 amide bonds. The van der Waals surface area contributed by atoms with Crippen molar-refractivity contribution in [1.82, 2.24) is 20.2 Å². The van der Waals surface area contributed by atoms with Gasteiger partial charge in [-0.25, -0.2) is 4.98 Å². The molecular weight excluding hydrogens is 214 g/mol. The molecule has 2 heterocycles. The zero-order chi connectivity index (χ0) is 12.1. The molecule has 2 rings (SSSR count). The van der Waals surface area contributed by atoms with Crippen molar-refractivity contribution in [2.24, 2.45) is 0 Å². The number of H-pyrrole nitrogens is 1. The molecule has 0 aromatic carbocycles. The third kappa shape index (κ3) is 3.44. The van der Waals surface area contributed by atoms with Crippen molar-refractivity contribution in [3.8, 4) is 0 Å². The molecule has 1 fully saturated rings. The van der Waals surface area contributed by atoms with E-state index in [-0.39, 0.29) is 0 Å². The summed E-state index contributed by atoms with van der Waals surface area (Å²) >= 11 is 0. The summed E-state index contributed by atoms with van der Waals surface area (Å²) in [6.45, 7) is 8.82. The maximum atomic E-state index is 4.39. The molecule has 0 radical (unpaired) electrons. The lowest BCUT2D eigenvalue weighted by Crippen LogP contribution is -2.46. The third-order valence-electron chi connectivity index (χ3n) is 3.32. The first kappa shape index (κ1) is 12.4. The Kier molecular flexibility index (Phi) is 4.39. The second-order valence-corrected chi connectivity index (χ2v) is 4.60. The Bertz CT molecular complexity index is 329. The normalized spacial score (nSPS) is 17.3. The number of hydrogen-bond acceptors (Lipinski definition) is 4. The van der Waals surface area contributed by atoms with Gasteiger partial charge < -0.3 is 15.2 Å². The van der Waals surface area contributed by atoms with Crippen LogP contribution in [0.2, 0.25) is 0 Å². The highest BCUT2D eigenvalue weighted by atomic mass is 15.3. The summed E-state index contributed by atoms with van der Waals surface area (Å²) in [6.07, 6.45) is 2.94. The lowest BCUT2D eigenvalue weighted by molar-refractivity contribution is 0.246. The second kappa shape index (κ2) is 6.02. The maximum absolute atomic E-state index is 4.39. The van der Waals surface area contributed by atoms with Gasteiger partial charge in [0.1, 0.15) is 0 Å². The highest BCUT2D eigenvalue weighted by Crippen LogP contribution is 2.07. The summed E-state index contributed by atoms with van der Waals surface area (Å²) in [6, 6.07) is 0. The lowest BCUT2D eigenvalue weighted by atomic mass is 10.3. The molecule has 17 heavy (non-hydrogen) atoms. The standard InChI is InChI=1S/C12H23N5/c1-3-11-10-14-12(15-11)16(2)8-9-17-6-4-13-5-7-17/h10,13H,3-9H2,1-2H3,(H,14,15). The van der Waals surface area contributed by atoms with Crippen LogP contribution in [0.15, 0.2) is 6.20 Å². The van der Waals surface area contributed by atoms with Crippen LogP contribution in [0.4, 0.5) is 5.95 Å². The highest BCUT2D eigenvalue weighted by molar-refractivity contribution is 5.29. The number of hydrogen-bond donors (Lipinski definition) is 2. The van der Waals surface area contributed by atoms with Gasteiger partial charge in [-0.05, 0) is 6.42 Å². The molecule has 0 atom stereocenters. The van der Waals surface area contributed by atoms with Crippen molar-refractivity contribution in [1.29, 1.82) is 0 Å². The minimum atomic E-state index is 0.983. The Morgan fingerprint density at radius 2 is 2.18 bits per heavy atom. The van der Waals surface area contributed by atoms with Gasteiger partial charge >= 0.3 is 0 Å². The molecule has 0 saturated carbocycles. The first-order valence-corrected chi connectivity index (χ1v) is 6.47. The number of aromatic nitrogens is 2. The number of aromatic amines is 1. The van der Waals surface area contributed by atoms with E-state index in [4.69, 9.17) is 0 Å². The van der Waals surface area contributed by atoms with Gasteiger partial charge in [-0.3, -0.25) is 4.90 Å². The largest absolute Gasteiger partial charge is 0.344 e. The van der Waals surface area contributed by atoms with Crippen LogP contribution >= 0.6 is 0 Å². The van der Waals surface area contributed by atoms with E-state index in [2.05, 4.69) is 39.1 Å². The molecular formula is C12H23N5. The van der Waals surface area contributed by atoms with Gasteiger partial charge in [0.05, 0.1) is 6.20 Å². The summed E-state index contributed by atoms with van der Waals surface area (Å²) in [7, 11) is 2.10. The summed E-state index contributed by atoms with van der Waals surface area (Å²) < 4.78 is 0. The van der Waals surface area contributed by atoms with Crippen LogP contribution < -0.4 is 10.2 Å². The van der Waals surface area contributed by atoms with Crippen molar-refractivity contribution in [3.63, 3.8) is 0 Å². The van der Waals surface area contributed by atoms with Crippen molar-refractivity contribution in [2.45, 2.75) is 13.3 Å². The van der Waals surface area contributed by atoms with E-state index in [1.54, 1.807) is 0 Å². The molecule has 1 aromatic heterocycles. The average Bonchev–Trinajstić information content (AvgIpc) is 2.86. The van der Waals surface area contributed by atoms with E-state index in [1.165, 1.54) is 5.69 Å². The lowest BCUT2D eigenvalue weighted by Gasteiger charge is -2.28. The van der Waals surface area contributed by atoms with Crippen LogP contribution in [0.3, 0.4) is 0 Å². The number of nitrogens with one attached hydrogen (secondary N) is 2. The molecule has 1 aliphatic rings. The van der Waals surface area contributed by atoms with Gasteiger partial charge in [-0.15, -0.1) is 0 Å². The molecule has 1 saturated heterocycles. The van der Waals surface area contributed by atoms with E-state index in [9.17, 15) is 0 Å². The smallest absolute Gasteiger partial charge is 0.202 e. The predicted molar refractivity (Wildman–Crippen MR) is 70.5 cm³/mol.